The maximum absolute atomic E-state index is 6.08. The summed E-state index contributed by atoms with van der Waals surface area (Å²) in [5.74, 6) is 1.32. The predicted molar refractivity (Wildman–Crippen MR) is 103 cm³/mol. The summed E-state index contributed by atoms with van der Waals surface area (Å²) in [5, 5.41) is 3.15. The van der Waals surface area contributed by atoms with Crippen molar-refractivity contribution in [1.82, 2.24) is 4.90 Å². The topological polar surface area (TPSA) is 62.9 Å². The Labute approximate surface area is 149 Å². The molecule has 3 rings (SSSR count). The zero-order chi connectivity index (χ0) is 17.5. The highest BCUT2D eigenvalue weighted by Gasteiger charge is 2.23. The minimum absolute atomic E-state index is 0.216. The molecule has 0 spiro atoms. The number of rotatable bonds is 6. The van der Waals surface area contributed by atoms with Gasteiger partial charge in [-0.1, -0.05) is 30.3 Å². The van der Waals surface area contributed by atoms with Crippen LogP contribution in [0.2, 0.25) is 0 Å². The van der Waals surface area contributed by atoms with Crippen molar-refractivity contribution in [3.05, 3.63) is 60.2 Å². The Morgan fingerprint density at radius 1 is 1.16 bits per heavy atom. The van der Waals surface area contributed by atoms with Crippen LogP contribution in [0.3, 0.4) is 0 Å². The molecule has 5 heteroatoms. The number of guanidine groups is 1. The Morgan fingerprint density at radius 2 is 1.92 bits per heavy atom. The van der Waals surface area contributed by atoms with Gasteiger partial charge in [0.25, 0.3) is 0 Å². The number of hydrogen-bond donors (Lipinski definition) is 2. The predicted octanol–water partition coefficient (Wildman–Crippen LogP) is 3.26. The molecule has 1 fully saturated rings. The fraction of sp³-hybridized carbons (Fsp3) is 0.350. The quantitative estimate of drug-likeness (QED) is 0.627. The molecule has 0 saturated carbocycles. The van der Waals surface area contributed by atoms with Gasteiger partial charge in [-0.2, -0.15) is 0 Å². The Morgan fingerprint density at radius 3 is 2.64 bits per heavy atom. The lowest BCUT2D eigenvalue weighted by molar-refractivity contribution is 0.251. The molecule has 2 aromatic carbocycles. The van der Waals surface area contributed by atoms with Crippen LogP contribution in [0.5, 0.6) is 5.75 Å². The van der Waals surface area contributed by atoms with Crippen molar-refractivity contribution in [2.75, 3.05) is 32.1 Å². The van der Waals surface area contributed by atoms with Crippen LogP contribution in [0.15, 0.2) is 59.6 Å². The van der Waals surface area contributed by atoms with E-state index < -0.39 is 0 Å². The SMILES string of the molecule is COc1cccc(C(CN=C(N)Nc2ccccc2)N2CCCC2)c1. The lowest BCUT2D eigenvalue weighted by atomic mass is 10.1. The van der Waals surface area contributed by atoms with Gasteiger partial charge in [-0.25, -0.2) is 0 Å². The standard InChI is InChI=1S/C20H26N4O/c1-25-18-11-7-8-16(14-18)19(24-12-5-6-13-24)15-22-20(21)23-17-9-3-2-4-10-17/h2-4,7-11,14,19H,5-6,12-13,15H2,1H3,(H3,21,22,23). The third kappa shape index (κ3) is 4.73. The van der Waals surface area contributed by atoms with Crippen LogP contribution < -0.4 is 15.8 Å². The molecule has 1 saturated heterocycles. The van der Waals surface area contributed by atoms with E-state index >= 15 is 0 Å². The molecule has 0 aromatic heterocycles. The molecule has 0 amide bonds. The first-order chi connectivity index (χ1) is 12.3. The van der Waals surface area contributed by atoms with E-state index in [1.807, 2.05) is 42.5 Å². The van der Waals surface area contributed by atoms with Gasteiger partial charge in [0, 0.05) is 5.69 Å². The Bertz CT molecular complexity index is 696. The number of nitrogens with two attached hydrogens (primary N) is 1. The molecule has 5 nitrogen and oxygen atoms in total. The monoisotopic (exact) mass is 338 g/mol. The molecular weight excluding hydrogens is 312 g/mol. The van der Waals surface area contributed by atoms with E-state index in [4.69, 9.17) is 10.5 Å². The molecule has 25 heavy (non-hydrogen) atoms. The molecule has 132 valence electrons. The molecule has 0 radical (unpaired) electrons. The van der Waals surface area contributed by atoms with Crippen molar-refractivity contribution in [2.24, 2.45) is 10.7 Å². The molecule has 1 heterocycles. The summed E-state index contributed by atoms with van der Waals surface area (Å²) in [6, 6.07) is 18.3. The van der Waals surface area contributed by atoms with E-state index in [2.05, 4.69) is 27.3 Å². The minimum Gasteiger partial charge on any atom is -0.497 e. The molecule has 3 N–H and O–H groups in total. The molecule has 0 aliphatic carbocycles. The number of likely N-dealkylation sites (tertiary alicyclic amines) is 1. The van der Waals surface area contributed by atoms with Crippen molar-refractivity contribution in [3.63, 3.8) is 0 Å². The third-order valence-corrected chi connectivity index (χ3v) is 4.54. The third-order valence-electron chi connectivity index (χ3n) is 4.54. The zero-order valence-electron chi connectivity index (χ0n) is 14.7. The van der Waals surface area contributed by atoms with Crippen LogP contribution in [0.1, 0.15) is 24.4 Å². The van der Waals surface area contributed by atoms with E-state index in [1.165, 1.54) is 18.4 Å². The second-order valence-electron chi connectivity index (χ2n) is 6.25. The van der Waals surface area contributed by atoms with Gasteiger partial charge in [-0.05, 0) is 55.8 Å². The summed E-state index contributed by atoms with van der Waals surface area (Å²) in [6.45, 7) is 2.83. The first-order valence-corrected chi connectivity index (χ1v) is 8.76. The number of para-hydroxylation sites is 1. The first kappa shape index (κ1) is 17.3. The van der Waals surface area contributed by atoms with Crippen LogP contribution in [-0.2, 0) is 0 Å². The number of nitrogens with zero attached hydrogens (tertiary/aromatic N) is 2. The lowest BCUT2D eigenvalue weighted by Gasteiger charge is -2.27. The lowest BCUT2D eigenvalue weighted by Crippen LogP contribution is -2.30. The van der Waals surface area contributed by atoms with Gasteiger partial charge in [0.2, 0.25) is 0 Å². The van der Waals surface area contributed by atoms with E-state index in [0.29, 0.717) is 12.5 Å². The van der Waals surface area contributed by atoms with Gasteiger partial charge >= 0.3 is 0 Å². The van der Waals surface area contributed by atoms with Gasteiger partial charge < -0.3 is 15.8 Å². The van der Waals surface area contributed by atoms with Crippen molar-refractivity contribution in [1.29, 1.82) is 0 Å². The van der Waals surface area contributed by atoms with Crippen molar-refractivity contribution in [2.45, 2.75) is 18.9 Å². The summed E-state index contributed by atoms with van der Waals surface area (Å²) in [7, 11) is 1.70. The fourth-order valence-electron chi connectivity index (χ4n) is 3.23. The van der Waals surface area contributed by atoms with Gasteiger partial charge in [0.1, 0.15) is 5.75 Å². The summed E-state index contributed by atoms with van der Waals surface area (Å²) in [5.41, 5.74) is 8.25. The summed E-state index contributed by atoms with van der Waals surface area (Å²) in [4.78, 5) is 7.08. The van der Waals surface area contributed by atoms with Gasteiger partial charge in [-0.15, -0.1) is 0 Å². The number of ether oxygens (including phenoxy) is 1. The normalized spacial score (nSPS) is 16.6. The van der Waals surface area contributed by atoms with Gasteiger partial charge in [0.15, 0.2) is 5.96 Å². The first-order valence-electron chi connectivity index (χ1n) is 8.76. The summed E-state index contributed by atoms with van der Waals surface area (Å²) >= 11 is 0. The Balaban J connectivity index is 1.74. The number of aliphatic imine (C=N–C) groups is 1. The smallest absolute Gasteiger partial charge is 0.193 e. The van der Waals surface area contributed by atoms with Crippen molar-refractivity contribution >= 4 is 11.6 Å². The average Bonchev–Trinajstić information content (AvgIpc) is 3.17. The maximum atomic E-state index is 6.08. The number of hydrogen-bond acceptors (Lipinski definition) is 3. The largest absolute Gasteiger partial charge is 0.497 e. The second kappa shape index (κ2) is 8.53. The van der Waals surface area contributed by atoms with Crippen LogP contribution in [-0.4, -0.2) is 37.6 Å². The van der Waals surface area contributed by atoms with Gasteiger partial charge in [0.05, 0.1) is 19.7 Å². The molecule has 1 unspecified atom stereocenters. The van der Waals surface area contributed by atoms with E-state index in [0.717, 1.165) is 24.5 Å². The van der Waals surface area contributed by atoms with E-state index in [9.17, 15) is 0 Å². The van der Waals surface area contributed by atoms with Crippen LogP contribution >= 0.6 is 0 Å². The van der Waals surface area contributed by atoms with E-state index in [-0.39, 0.29) is 6.04 Å². The van der Waals surface area contributed by atoms with E-state index in [1.54, 1.807) is 7.11 Å². The minimum atomic E-state index is 0.216. The molecular formula is C20H26N4O. The van der Waals surface area contributed by atoms with Crippen molar-refractivity contribution < 1.29 is 4.74 Å². The maximum Gasteiger partial charge on any atom is 0.193 e. The number of benzene rings is 2. The van der Waals surface area contributed by atoms with Crippen LogP contribution in [0.4, 0.5) is 5.69 Å². The van der Waals surface area contributed by atoms with Gasteiger partial charge in [-0.3, -0.25) is 9.89 Å². The highest BCUT2D eigenvalue weighted by atomic mass is 16.5. The number of anilines is 1. The average molecular weight is 338 g/mol. The Kier molecular flexibility index (Phi) is 5.90. The highest BCUT2D eigenvalue weighted by Crippen LogP contribution is 2.27. The molecule has 2 aromatic rings. The van der Waals surface area contributed by atoms with Crippen LogP contribution in [0.25, 0.3) is 0 Å². The number of nitrogens with one attached hydrogen (secondary N) is 1. The Hall–Kier alpha value is -2.53. The van der Waals surface area contributed by atoms with Crippen LogP contribution in [0, 0.1) is 0 Å². The zero-order valence-corrected chi connectivity index (χ0v) is 14.7. The second-order valence-corrected chi connectivity index (χ2v) is 6.25. The molecule has 1 aliphatic rings. The molecule has 1 atom stereocenters. The number of methoxy groups -OCH3 is 1. The molecule has 1 aliphatic heterocycles. The highest BCUT2D eigenvalue weighted by molar-refractivity contribution is 5.92. The summed E-state index contributed by atoms with van der Waals surface area (Å²) in [6.07, 6.45) is 2.48. The van der Waals surface area contributed by atoms with Crippen molar-refractivity contribution in [3.8, 4) is 5.75 Å². The fourth-order valence-corrected chi connectivity index (χ4v) is 3.23. The summed E-state index contributed by atoms with van der Waals surface area (Å²) < 4.78 is 5.38. The molecule has 0 bridgehead atoms.